The summed E-state index contributed by atoms with van der Waals surface area (Å²) < 4.78 is 9.95. The zero-order chi connectivity index (χ0) is 19.1. The first-order valence-corrected chi connectivity index (χ1v) is 8.58. The molecule has 1 heterocycles. The summed E-state index contributed by atoms with van der Waals surface area (Å²) in [5.41, 5.74) is 2.62. The average Bonchev–Trinajstić information content (AvgIpc) is 3.17. The van der Waals surface area contributed by atoms with Gasteiger partial charge in [0.2, 0.25) is 5.76 Å². The van der Waals surface area contributed by atoms with Gasteiger partial charge in [0.15, 0.2) is 0 Å². The Morgan fingerprint density at radius 1 is 1.04 bits per heavy atom. The van der Waals surface area contributed by atoms with Gasteiger partial charge in [0.05, 0.1) is 12.8 Å². The summed E-state index contributed by atoms with van der Waals surface area (Å²) in [6, 6.07) is 19.9. The molecule has 0 aliphatic carbocycles. The number of ether oxygens (including phenoxy) is 1. The van der Waals surface area contributed by atoms with Crippen molar-refractivity contribution in [2.24, 2.45) is 0 Å². The van der Waals surface area contributed by atoms with Crippen LogP contribution in [0.15, 0.2) is 71.3 Å². The predicted molar refractivity (Wildman–Crippen MR) is 99.2 cm³/mol. The van der Waals surface area contributed by atoms with E-state index in [0.29, 0.717) is 18.5 Å². The maximum Gasteiger partial charge on any atom is 0.328 e. The number of hydrogen-bond donors (Lipinski definition) is 1. The summed E-state index contributed by atoms with van der Waals surface area (Å²) in [6.07, 6.45) is 0.881. The number of benzene rings is 2. The fraction of sp³-hybridized carbons (Fsp3) is 0.190. The average molecular weight is 364 g/mol. The number of nitrogens with zero attached hydrogens (tertiary/aromatic N) is 1. The van der Waals surface area contributed by atoms with Crippen molar-refractivity contribution < 1.29 is 18.8 Å². The molecule has 3 rings (SSSR count). The smallest absolute Gasteiger partial charge is 0.328 e. The van der Waals surface area contributed by atoms with E-state index >= 15 is 0 Å². The van der Waals surface area contributed by atoms with Crippen LogP contribution in [0.4, 0.5) is 0 Å². The monoisotopic (exact) mass is 364 g/mol. The van der Waals surface area contributed by atoms with Crippen LogP contribution in [-0.4, -0.2) is 30.2 Å². The molecule has 0 aliphatic heterocycles. The zero-order valence-electron chi connectivity index (χ0n) is 14.9. The molecule has 0 radical (unpaired) electrons. The van der Waals surface area contributed by atoms with Crippen LogP contribution in [0.3, 0.4) is 0 Å². The molecule has 1 aromatic heterocycles. The number of methoxy groups -OCH3 is 1. The van der Waals surface area contributed by atoms with Crippen LogP contribution >= 0.6 is 0 Å². The highest BCUT2D eigenvalue weighted by Crippen LogP contribution is 2.11. The molecule has 1 N–H and O–H groups in total. The first kappa shape index (κ1) is 18.4. The Kier molecular flexibility index (Phi) is 5.99. The van der Waals surface area contributed by atoms with E-state index in [1.807, 2.05) is 60.7 Å². The standard InChI is InChI=1S/C21H20N2O4/c1-26-21(25)18(13-16-10-6-3-7-11-16)22-20(24)19-14-17(23-27-19)12-15-8-4-2-5-9-15/h2-11,14,18H,12-13H2,1H3,(H,22,24)/t18-/m0/s1. The number of hydrogen-bond acceptors (Lipinski definition) is 5. The van der Waals surface area contributed by atoms with Crippen molar-refractivity contribution in [3.05, 3.63) is 89.3 Å². The quantitative estimate of drug-likeness (QED) is 0.652. The molecule has 138 valence electrons. The van der Waals surface area contributed by atoms with E-state index in [9.17, 15) is 9.59 Å². The third-order valence-corrected chi connectivity index (χ3v) is 4.08. The topological polar surface area (TPSA) is 81.4 Å². The lowest BCUT2D eigenvalue weighted by Crippen LogP contribution is -2.43. The van der Waals surface area contributed by atoms with Gasteiger partial charge in [-0.3, -0.25) is 4.79 Å². The molecular formula is C21H20N2O4. The van der Waals surface area contributed by atoms with E-state index in [0.717, 1.165) is 11.1 Å². The molecule has 1 amide bonds. The van der Waals surface area contributed by atoms with E-state index in [4.69, 9.17) is 9.26 Å². The SMILES string of the molecule is COC(=O)[C@H](Cc1ccccc1)NC(=O)c1cc(Cc2ccccc2)no1. The van der Waals surface area contributed by atoms with Crippen LogP contribution in [0.5, 0.6) is 0 Å². The van der Waals surface area contributed by atoms with E-state index in [1.165, 1.54) is 7.11 Å². The molecule has 0 fully saturated rings. The lowest BCUT2D eigenvalue weighted by Gasteiger charge is -2.15. The third-order valence-electron chi connectivity index (χ3n) is 4.08. The van der Waals surface area contributed by atoms with Gasteiger partial charge in [0.1, 0.15) is 6.04 Å². The second-order valence-electron chi connectivity index (χ2n) is 6.08. The molecule has 0 bridgehead atoms. The van der Waals surface area contributed by atoms with Crippen LogP contribution < -0.4 is 5.32 Å². The molecule has 27 heavy (non-hydrogen) atoms. The van der Waals surface area contributed by atoms with Crippen molar-refractivity contribution in [1.82, 2.24) is 10.5 Å². The van der Waals surface area contributed by atoms with Gasteiger partial charge < -0.3 is 14.6 Å². The summed E-state index contributed by atoms with van der Waals surface area (Å²) in [7, 11) is 1.29. The number of esters is 1. The Hall–Kier alpha value is -3.41. The Morgan fingerprint density at radius 2 is 1.67 bits per heavy atom. The minimum Gasteiger partial charge on any atom is -0.467 e. The Labute approximate surface area is 157 Å². The highest BCUT2D eigenvalue weighted by atomic mass is 16.5. The highest BCUT2D eigenvalue weighted by Gasteiger charge is 2.24. The largest absolute Gasteiger partial charge is 0.467 e. The molecule has 1 atom stereocenters. The van der Waals surface area contributed by atoms with Gasteiger partial charge in [-0.25, -0.2) is 4.79 Å². The van der Waals surface area contributed by atoms with E-state index in [2.05, 4.69) is 10.5 Å². The van der Waals surface area contributed by atoms with Crippen LogP contribution in [0.2, 0.25) is 0 Å². The Morgan fingerprint density at radius 3 is 2.30 bits per heavy atom. The maximum atomic E-state index is 12.5. The predicted octanol–water partition coefficient (Wildman–Crippen LogP) is 2.78. The molecule has 0 unspecified atom stereocenters. The van der Waals surface area contributed by atoms with Crippen molar-refractivity contribution in [1.29, 1.82) is 0 Å². The van der Waals surface area contributed by atoms with Crippen LogP contribution in [0.25, 0.3) is 0 Å². The van der Waals surface area contributed by atoms with E-state index < -0.39 is 17.9 Å². The normalized spacial score (nSPS) is 11.6. The molecule has 6 heteroatoms. The number of aromatic nitrogens is 1. The number of carbonyl (C=O) groups excluding carboxylic acids is 2. The Bertz CT molecular complexity index is 891. The van der Waals surface area contributed by atoms with Crippen molar-refractivity contribution >= 4 is 11.9 Å². The van der Waals surface area contributed by atoms with Crippen molar-refractivity contribution in [3.8, 4) is 0 Å². The van der Waals surface area contributed by atoms with Crippen molar-refractivity contribution in [3.63, 3.8) is 0 Å². The summed E-state index contributed by atoms with van der Waals surface area (Å²) in [6.45, 7) is 0. The van der Waals surface area contributed by atoms with E-state index in [-0.39, 0.29) is 5.76 Å². The first-order chi connectivity index (χ1) is 13.2. The molecule has 0 spiro atoms. The van der Waals surface area contributed by atoms with Gasteiger partial charge in [-0.05, 0) is 11.1 Å². The summed E-state index contributed by atoms with van der Waals surface area (Å²) in [5, 5.41) is 6.60. The van der Waals surface area contributed by atoms with Gasteiger partial charge in [-0.15, -0.1) is 0 Å². The van der Waals surface area contributed by atoms with Gasteiger partial charge >= 0.3 is 5.97 Å². The molecule has 6 nitrogen and oxygen atoms in total. The summed E-state index contributed by atoms with van der Waals surface area (Å²) in [4.78, 5) is 24.5. The number of amides is 1. The van der Waals surface area contributed by atoms with Gasteiger partial charge in [0.25, 0.3) is 5.91 Å². The lowest BCUT2D eigenvalue weighted by molar-refractivity contribution is -0.142. The zero-order valence-corrected chi connectivity index (χ0v) is 14.9. The third kappa shape index (κ3) is 5.04. The van der Waals surface area contributed by atoms with Crippen molar-refractivity contribution in [2.75, 3.05) is 7.11 Å². The summed E-state index contributed by atoms with van der Waals surface area (Å²) >= 11 is 0. The molecule has 3 aromatic rings. The van der Waals surface area contributed by atoms with Crippen LogP contribution in [0.1, 0.15) is 27.4 Å². The van der Waals surface area contributed by atoms with E-state index in [1.54, 1.807) is 6.07 Å². The molecular weight excluding hydrogens is 344 g/mol. The second kappa shape index (κ2) is 8.80. The maximum absolute atomic E-state index is 12.5. The number of rotatable bonds is 7. The molecule has 0 saturated heterocycles. The van der Waals surface area contributed by atoms with Crippen LogP contribution in [0, 0.1) is 0 Å². The number of carbonyl (C=O) groups is 2. The van der Waals surface area contributed by atoms with Gasteiger partial charge in [-0.2, -0.15) is 0 Å². The first-order valence-electron chi connectivity index (χ1n) is 8.58. The fourth-order valence-corrected chi connectivity index (χ4v) is 2.72. The van der Waals surface area contributed by atoms with Crippen molar-refractivity contribution in [2.45, 2.75) is 18.9 Å². The highest BCUT2D eigenvalue weighted by molar-refractivity contribution is 5.94. The number of nitrogens with one attached hydrogen (secondary N) is 1. The van der Waals surface area contributed by atoms with Gasteiger partial charge in [-0.1, -0.05) is 65.8 Å². The minimum atomic E-state index is -0.812. The van der Waals surface area contributed by atoms with Crippen LogP contribution in [-0.2, 0) is 22.4 Å². The molecule has 0 saturated carbocycles. The molecule has 0 aliphatic rings. The second-order valence-corrected chi connectivity index (χ2v) is 6.08. The van der Waals surface area contributed by atoms with Gasteiger partial charge in [0, 0.05) is 18.9 Å². The fourth-order valence-electron chi connectivity index (χ4n) is 2.72. The Balaban J connectivity index is 1.67. The summed E-state index contributed by atoms with van der Waals surface area (Å²) in [5.74, 6) is -0.965. The lowest BCUT2D eigenvalue weighted by atomic mass is 10.1. The molecule has 2 aromatic carbocycles. The minimum absolute atomic E-state index is 0.0582.